The van der Waals surface area contributed by atoms with Gasteiger partial charge in [-0.1, -0.05) is 54.5 Å². The van der Waals surface area contributed by atoms with Crippen molar-refractivity contribution in [2.24, 2.45) is 17.3 Å². The fraction of sp³-hybridized carbons (Fsp3) is 0.767. The van der Waals surface area contributed by atoms with Crippen molar-refractivity contribution in [3.05, 3.63) is 29.3 Å². The van der Waals surface area contributed by atoms with Crippen molar-refractivity contribution in [3.8, 4) is 5.75 Å². The second-order valence-corrected chi connectivity index (χ2v) is 24.5. The number of Topliss-reactive ketones (excluding diaryl/α,β-unsaturated/α-hetero) is 1. The number of rotatable bonds is 4. The highest BCUT2D eigenvalue weighted by atomic mass is 28.4. The average Bonchev–Trinajstić information content (AvgIpc) is 2.96. The maximum Gasteiger partial charge on any atom is 0.250 e. The van der Waals surface area contributed by atoms with Crippen LogP contribution in [0.25, 0.3) is 0 Å². The molecule has 0 radical (unpaired) electrons. The molecule has 2 fully saturated rings. The van der Waals surface area contributed by atoms with Crippen molar-refractivity contribution < 1.29 is 13.6 Å². The molecule has 5 heteroatoms. The van der Waals surface area contributed by atoms with Gasteiger partial charge < -0.3 is 8.85 Å². The normalized spacial score (nSPS) is 31.6. The molecule has 3 aliphatic rings. The number of hydrogen-bond acceptors (Lipinski definition) is 3. The second kappa shape index (κ2) is 8.56. The molecule has 35 heavy (non-hydrogen) atoms. The van der Waals surface area contributed by atoms with E-state index in [0.29, 0.717) is 23.5 Å². The van der Waals surface area contributed by atoms with Crippen LogP contribution in [-0.2, 0) is 15.6 Å². The predicted molar refractivity (Wildman–Crippen MR) is 151 cm³/mol. The van der Waals surface area contributed by atoms with Gasteiger partial charge in [0.25, 0.3) is 0 Å². The minimum atomic E-state index is -1.98. The number of benzene rings is 1. The lowest BCUT2D eigenvalue weighted by molar-refractivity contribution is -0.134. The molecule has 0 heterocycles. The van der Waals surface area contributed by atoms with Gasteiger partial charge in [0.2, 0.25) is 8.32 Å². The number of ketones is 1. The summed E-state index contributed by atoms with van der Waals surface area (Å²) in [6.07, 6.45) is 5.11. The molecule has 4 rings (SSSR count). The monoisotopic (exact) mass is 514 g/mol. The lowest BCUT2D eigenvalue weighted by atomic mass is 9.55. The van der Waals surface area contributed by atoms with E-state index in [1.807, 2.05) is 0 Å². The van der Waals surface area contributed by atoms with Crippen molar-refractivity contribution in [2.45, 2.75) is 129 Å². The number of carbonyl (C=O) groups is 1. The molecule has 0 aliphatic heterocycles. The number of carbonyl (C=O) groups excluding carboxylic acids is 1. The highest BCUT2D eigenvalue weighted by Gasteiger charge is 2.59. The molecule has 5 atom stereocenters. The van der Waals surface area contributed by atoms with Crippen molar-refractivity contribution >= 4 is 22.4 Å². The van der Waals surface area contributed by atoms with E-state index in [1.165, 1.54) is 17.5 Å². The first-order valence-corrected chi connectivity index (χ1v) is 19.7. The van der Waals surface area contributed by atoms with Crippen molar-refractivity contribution in [1.82, 2.24) is 0 Å². The van der Waals surface area contributed by atoms with Crippen LogP contribution in [0, 0.1) is 17.3 Å². The molecular weight excluding hydrogens is 464 g/mol. The van der Waals surface area contributed by atoms with Crippen LogP contribution in [-0.4, -0.2) is 28.5 Å². The average molecular weight is 515 g/mol. The molecule has 1 aromatic carbocycles. The Morgan fingerprint density at radius 1 is 0.943 bits per heavy atom. The fourth-order valence-corrected chi connectivity index (χ4v) is 8.76. The summed E-state index contributed by atoms with van der Waals surface area (Å²) in [7, 11) is -3.83. The van der Waals surface area contributed by atoms with E-state index in [4.69, 9.17) is 8.85 Å². The fourth-order valence-electron chi connectivity index (χ4n) is 6.47. The Morgan fingerprint density at radius 3 is 2.17 bits per heavy atom. The first-order chi connectivity index (χ1) is 15.9. The van der Waals surface area contributed by atoms with Gasteiger partial charge in [-0.25, -0.2) is 0 Å². The van der Waals surface area contributed by atoms with E-state index in [9.17, 15) is 4.79 Å². The molecule has 3 nitrogen and oxygen atoms in total. The van der Waals surface area contributed by atoms with Gasteiger partial charge in [-0.05, 0) is 109 Å². The summed E-state index contributed by atoms with van der Waals surface area (Å²) in [5, 5.41) is 0.318. The van der Waals surface area contributed by atoms with Gasteiger partial charge >= 0.3 is 0 Å². The van der Waals surface area contributed by atoms with Crippen LogP contribution in [0.4, 0.5) is 0 Å². The Kier molecular flexibility index (Phi) is 6.63. The third-order valence-corrected chi connectivity index (χ3v) is 19.7. The minimum absolute atomic E-state index is 0.123. The van der Waals surface area contributed by atoms with Gasteiger partial charge in [0.15, 0.2) is 14.1 Å². The van der Waals surface area contributed by atoms with E-state index in [0.717, 1.165) is 31.4 Å². The van der Waals surface area contributed by atoms with Crippen LogP contribution in [0.1, 0.15) is 91.2 Å². The van der Waals surface area contributed by atoms with E-state index in [2.05, 4.69) is 92.9 Å². The number of aryl methyl sites for hydroxylation is 1. The zero-order valence-electron chi connectivity index (χ0n) is 24.3. The third kappa shape index (κ3) is 4.63. The molecule has 196 valence electrons. The summed E-state index contributed by atoms with van der Waals surface area (Å²) in [4.78, 5) is 13.7. The van der Waals surface area contributed by atoms with Crippen molar-refractivity contribution in [3.63, 3.8) is 0 Å². The summed E-state index contributed by atoms with van der Waals surface area (Å²) in [5.41, 5.74) is 2.79. The molecule has 0 bridgehead atoms. The van der Waals surface area contributed by atoms with Gasteiger partial charge in [-0.3, -0.25) is 4.79 Å². The molecule has 0 N–H and O–H groups in total. The van der Waals surface area contributed by atoms with E-state index < -0.39 is 16.6 Å². The molecule has 0 unspecified atom stereocenters. The SMILES string of the molecule is CC(C)(C)[Si](C)(C)Oc1ccc2c(c1)CC[C@@H]1[C@@H]2CC[C@]2(C)C(=O)[C@H](O[Si](C)(C)C(C)(C)C)C[C@@H]12. The highest BCUT2D eigenvalue weighted by Crippen LogP contribution is 2.60. The minimum Gasteiger partial charge on any atom is -0.543 e. The van der Waals surface area contributed by atoms with Crippen molar-refractivity contribution in [1.29, 1.82) is 0 Å². The first-order valence-electron chi connectivity index (χ1n) is 13.9. The van der Waals surface area contributed by atoms with Crippen LogP contribution >= 0.6 is 0 Å². The predicted octanol–water partition coefficient (Wildman–Crippen LogP) is 8.50. The van der Waals surface area contributed by atoms with Gasteiger partial charge in [0, 0.05) is 5.41 Å². The lowest BCUT2D eigenvalue weighted by Crippen LogP contribution is -2.46. The summed E-state index contributed by atoms with van der Waals surface area (Å²) in [6.45, 7) is 25.2. The zero-order chi connectivity index (χ0) is 26.2. The summed E-state index contributed by atoms with van der Waals surface area (Å²) in [6, 6.07) is 6.92. The summed E-state index contributed by atoms with van der Waals surface area (Å²) < 4.78 is 13.4. The molecule has 0 saturated heterocycles. The standard InChI is InChI=1S/C30H50O3Si2/c1-28(2,3)34(8,9)32-21-13-15-22-20(18-21)12-14-24-23(22)16-17-30(7)25(24)19-26(27(30)31)33-35(10,11)29(4,5)6/h13,15,18,23-26H,12,14,16-17,19H2,1-11H3/t23-,24-,25+,26-,30+/m1/s1. The molecule has 3 aliphatic carbocycles. The number of fused-ring (bicyclic) bond motifs is 5. The Labute approximate surface area is 217 Å². The Hall–Kier alpha value is -0.916. The van der Waals surface area contributed by atoms with Gasteiger partial charge in [0.1, 0.15) is 11.9 Å². The Balaban J connectivity index is 1.55. The van der Waals surface area contributed by atoms with Crippen LogP contribution in [0.5, 0.6) is 5.75 Å². The maximum absolute atomic E-state index is 13.7. The maximum atomic E-state index is 13.7. The third-order valence-electron chi connectivity index (χ3n) is 10.8. The first kappa shape index (κ1) is 27.1. The largest absolute Gasteiger partial charge is 0.543 e. The van der Waals surface area contributed by atoms with E-state index in [-0.39, 0.29) is 21.6 Å². The summed E-state index contributed by atoms with van der Waals surface area (Å²) >= 11 is 0. The van der Waals surface area contributed by atoms with Gasteiger partial charge in [-0.2, -0.15) is 0 Å². The topological polar surface area (TPSA) is 35.5 Å². The zero-order valence-corrected chi connectivity index (χ0v) is 26.3. The molecule has 0 amide bonds. The van der Waals surface area contributed by atoms with Gasteiger partial charge in [0.05, 0.1) is 0 Å². The van der Waals surface area contributed by atoms with Gasteiger partial charge in [-0.15, -0.1) is 0 Å². The van der Waals surface area contributed by atoms with Crippen molar-refractivity contribution in [2.75, 3.05) is 0 Å². The lowest BCUT2D eigenvalue weighted by Gasteiger charge is -2.48. The molecule has 0 spiro atoms. The Morgan fingerprint density at radius 2 is 1.57 bits per heavy atom. The molecular formula is C30H50O3Si2. The Bertz CT molecular complexity index is 984. The summed E-state index contributed by atoms with van der Waals surface area (Å²) in [5.74, 6) is 3.05. The van der Waals surface area contributed by atoms with E-state index in [1.54, 1.807) is 0 Å². The smallest absolute Gasteiger partial charge is 0.250 e. The quantitative estimate of drug-likeness (QED) is 0.378. The molecule has 1 aromatic rings. The van der Waals surface area contributed by atoms with Crippen LogP contribution < -0.4 is 4.43 Å². The highest BCUT2D eigenvalue weighted by molar-refractivity contribution is 6.75. The van der Waals surface area contributed by atoms with Crippen LogP contribution in [0.2, 0.25) is 36.3 Å². The van der Waals surface area contributed by atoms with Crippen LogP contribution in [0.15, 0.2) is 18.2 Å². The molecule has 0 aromatic heterocycles. The van der Waals surface area contributed by atoms with Crippen LogP contribution in [0.3, 0.4) is 0 Å². The van der Waals surface area contributed by atoms with E-state index >= 15 is 0 Å². The molecule has 2 saturated carbocycles. The second-order valence-electron chi connectivity index (χ2n) is 15.1. The number of hydrogen-bond donors (Lipinski definition) is 0.